The summed E-state index contributed by atoms with van der Waals surface area (Å²) in [5.74, 6) is -3.02. The van der Waals surface area contributed by atoms with Gasteiger partial charge in [-0.3, -0.25) is 10.00 Å². The third-order valence-corrected chi connectivity index (χ3v) is 5.25. The minimum absolute atomic E-state index is 0.188. The predicted octanol–water partition coefficient (Wildman–Crippen LogP) is 3.99. The van der Waals surface area contributed by atoms with Crippen LogP contribution in [0, 0.1) is 0 Å². The van der Waals surface area contributed by atoms with Crippen molar-refractivity contribution < 1.29 is 26.3 Å². The van der Waals surface area contributed by atoms with E-state index in [2.05, 4.69) is 25.5 Å². The molecular weight excluding hydrogens is 426 g/mol. The topological polar surface area (TPSA) is 69.7 Å². The molecule has 1 aromatic carbocycles. The quantitative estimate of drug-likeness (QED) is 0.583. The van der Waals surface area contributed by atoms with Gasteiger partial charge in [-0.2, -0.15) is 27.1 Å². The molecule has 1 saturated heterocycles. The zero-order valence-corrected chi connectivity index (χ0v) is 16.0. The maximum Gasteiger partial charge on any atom is 0.416 e. The van der Waals surface area contributed by atoms with Crippen LogP contribution >= 0.6 is 0 Å². The van der Waals surface area contributed by atoms with Crippen LogP contribution < -0.4 is 5.32 Å². The highest BCUT2D eigenvalue weighted by Gasteiger charge is 2.39. The van der Waals surface area contributed by atoms with Crippen molar-refractivity contribution in [1.29, 1.82) is 0 Å². The number of aromatic amines is 1. The fourth-order valence-corrected chi connectivity index (χ4v) is 3.60. The van der Waals surface area contributed by atoms with Gasteiger partial charge in [0.05, 0.1) is 29.7 Å². The minimum Gasteiger partial charge on any atom is -0.364 e. The molecular formula is C19H18F6N6. The smallest absolute Gasteiger partial charge is 0.364 e. The van der Waals surface area contributed by atoms with E-state index >= 15 is 0 Å². The van der Waals surface area contributed by atoms with Crippen molar-refractivity contribution >= 4 is 16.9 Å². The average molecular weight is 444 g/mol. The van der Waals surface area contributed by atoms with Crippen LogP contribution in [-0.4, -0.2) is 56.9 Å². The Morgan fingerprint density at radius 2 is 1.77 bits per heavy atom. The highest BCUT2D eigenvalue weighted by atomic mass is 19.4. The molecule has 3 aromatic rings. The molecule has 166 valence electrons. The number of H-pyrrole nitrogens is 1. The fourth-order valence-electron chi connectivity index (χ4n) is 3.60. The molecule has 0 unspecified atom stereocenters. The van der Waals surface area contributed by atoms with Gasteiger partial charge >= 0.3 is 6.18 Å². The number of anilines is 1. The molecule has 12 heteroatoms. The van der Waals surface area contributed by atoms with Gasteiger partial charge in [-0.15, -0.1) is 0 Å². The molecule has 0 radical (unpaired) electrons. The number of hydrogen-bond donors (Lipinski definition) is 2. The number of piperidine rings is 1. The monoisotopic (exact) mass is 444 g/mol. The van der Waals surface area contributed by atoms with Crippen LogP contribution in [0.15, 0.2) is 36.8 Å². The molecule has 1 fully saturated rings. The molecule has 3 heterocycles. The highest BCUT2D eigenvalue weighted by molar-refractivity contribution is 5.85. The summed E-state index contributed by atoms with van der Waals surface area (Å²) in [4.78, 5) is 9.36. The van der Waals surface area contributed by atoms with Gasteiger partial charge in [-0.1, -0.05) is 12.1 Å². The second-order valence-electron chi connectivity index (χ2n) is 7.42. The zero-order chi connectivity index (χ0) is 22.2. The van der Waals surface area contributed by atoms with Crippen molar-refractivity contribution in [2.75, 3.05) is 25.0 Å². The lowest BCUT2D eigenvalue weighted by Gasteiger charge is -2.37. The number of rotatable bonds is 5. The van der Waals surface area contributed by atoms with Gasteiger partial charge in [0.25, 0.3) is 5.92 Å². The first-order valence-corrected chi connectivity index (χ1v) is 9.46. The summed E-state index contributed by atoms with van der Waals surface area (Å²) < 4.78 is 81.8. The van der Waals surface area contributed by atoms with E-state index in [0.717, 1.165) is 12.1 Å². The molecule has 0 bridgehead atoms. The number of nitrogens with one attached hydrogen (secondary N) is 2. The third-order valence-electron chi connectivity index (χ3n) is 5.25. The number of fused-ring (bicyclic) bond motifs is 1. The van der Waals surface area contributed by atoms with Crippen LogP contribution in [0.25, 0.3) is 11.0 Å². The average Bonchev–Trinajstić information content (AvgIpc) is 3.19. The van der Waals surface area contributed by atoms with E-state index in [1.807, 2.05) is 0 Å². The Labute approximate surface area is 172 Å². The second kappa shape index (κ2) is 7.98. The Morgan fingerprint density at radius 1 is 1.06 bits per heavy atom. The summed E-state index contributed by atoms with van der Waals surface area (Å²) in [7, 11) is 0. The zero-order valence-electron chi connectivity index (χ0n) is 16.0. The molecule has 0 saturated carbocycles. The van der Waals surface area contributed by atoms with Gasteiger partial charge < -0.3 is 5.32 Å². The van der Waals surface area contributed by atoms with E-state index in [9.17, 15) is 26.3 Å². The van der Waals surface area contributed by atoms with Crippen molar-refractivity contribution in [3.63, 3.8) is 0 Å². The van der Waals surface area contributed by atoms with E-state index in [1.165, 1.54) is 17.4 Å². The highest BCUT2D eigenvalue weighted by Crippen LogP contribution is 2.34. The van der Waals surface area contributed by atoms with Crippen molar-refractivity contribution in [3.8, 4) is 0 Å². The molecule has 2 atom stereocenters. The Balaban J connectivity index is 1.38. The molecule has 1 aliphatic heterocycles. The second-order valence-corrected chi connectivity index (χ2v) is 7.42. The third kappa shape index (κ3) is 4.58. The molecule has 4 rings (SSSR count). The number of aromatic nitrogens is 4. The summed E-state index contributed by atoms with van der Waals surface area (Å²) in [5.41, 5.74) is -1.06. The summed E-state index contributed by atoms with van der Waals surface area (Å²) in [6, 6.07) is 2.12. The first kappa shape index (κ1) is 21.3. The number of hydrogen-bond acceptors (Lipinski definition) is 5. The first-order valence-electron chi connectivity index (χ1n) is 9.46. The Morgan fingerprint density at radius 3 is 2.45 bits per heavy atom. The molecule has 0 aliphatic carbocycles. The first-order chi connectivity index (χ1) is 14.6. The standard InChI is InChI=1S/C19H18F6N6/c20-14-8-31(9-18(21,22)11-1-3-12(4-2-11)19(23,24)25)6-5-15(14)29-16-13-7-28-30-17(13)27-10-26-16/h1-4,7,10,14-15H,5-6,8-9H2,(H2,26,27,28,29,30)/t14-,15-/m0/s1. The number of benzene rings is 1. The molecule has 6 nitrogen and oxygen atoms in total. The minimum atomic E-state index is -4.60. The van der Waals surface area contributed by atoms with Gasteiger partial charge in [0.1, 0.15) is 18.3 Å². The van der Waals surface area contributed by atoms with Gasteiger partial charge in [-0.25, -0.2) is 14.4 Å². The molecule has 1 aliphatic rings. The van der Waals surface area contributed by atoms with E-state index in [4.69, 9.17) is 0 Å². The van der Waals surface area contributed by atoms with Crippen LogP contribution in [0.4, 0.5) is 32.2 Å². The van der Waals surface area contributed by atoms with E-state index in [-0.39, 0.29) is 19.5 Å². The van der Waals surface area contributed by atoms with E-state index in [1.54, 1.807) is 0 Å². The number of alkyl halides is 6. The van der Waals surface area contributed by atoms with Gasteiger partial charge in [0, 0.05) is 18.7 Å². The van der Waals surface area contributed by atoms with E-state index < -0.39 is 42.0 Å². The molecule has 0 amide bonds. The maximum atomic E-state index is 14.7. The molecule has 2 aromatic heterocycles. The lowest BCUT2D eigenvalue weighted by molar-refractivity contribution is -0.137. The normalized spacial score (nSPS) is 20.8. The van der Waals surface area contributed by atoms with E-state index in [0.29, 0.717) is 29.0 Å². The van der Waals surface area contributed by atoms with Gasteiger partial charge in [0.15, 0.2) is 5.65 Å². The van der Waals surface area contributed by atoms with Gasteiger partial charge in [-0.05, 0) is 18.6 Å². The van der Waals surface area contributed by atoms with Crippen LogP contribution in [0.3, 0.4) is 0 Å². The lowest BCUT2D eigenvalue weighted by Crippen LogP contribution is -2.50. The number of nitrogens with zero attached hydrogens (tertiary/aromatic N) is 4. The maximum absolute atomic E-state index is 14.7. The summed E-state index contributed by atoms with van der Waals surface area (Å²) in [5, 5.41) is 10.1. The van der Waals surface area contributed by atoms with Crippen molar-refractivity contribution in [3.05, 3.63) is 47.9 Å². The number of halogens is 6. The fraction of sp³-hybridized carbons (Fsp3) is 0.421. The van der Waals surface area contributed by atoms with Crippen molar-refractivity contribution in [2.45, 2.75) is 30.7 Å². The molecule has 2 N–H and O–H groups in total. The van der Waals surface area contributed by atoms with Crippen LogP contribution in [0.5, 0.6) is 0 Å². The Bertz CT molecular complexity index is 1030. The van der Waals surface area contributed by atoms with Crippen molar-refractivity contribution in [1.82, 2.24) is 25.1 Å². The summed E-state index contributed by atoms with van der Waals surface area (Å²) >= 11 is 0. The van der Waals surface area contributed by atoms with Crippen LogP contribution in [0.2, 0.25) is 0 Å². The lowest BCUT2D eigenvalue weighted by atomic mass is 10.0. The Hall–Kier alpha value is -2.89. The number of likely N-dealkylation sites (tertiary alicyclic amines) is 1. The van der Waals surface area contributed by atoms with Crippen LogP contribution in [-0.2, 0) is 12.1 Å². The van der Waals surface area contributed by atoms with Gasteiger partial charge in [0.2, 0.25) is 0 Å². The predicted molar refractivity (Wildman–Crippen MR) is 100 cm³/mol. The largest absolute Gasteiger partial charge is 0.416 e. The van der Waals surface area contributed by atoms with Crippen molar-refractivity contribution in [2.24, 2.45) is 0 Å². The van der Waals surface area contributed by atoms with Crippen LogP contribution in [0.1, 0.15) is 17.5 Å². The summed E-state index contributed by atoms with van der Waals surface area (Å²) in [6.45, 7) is -0.841. The molecule has 0 spiro atoms. The Kier molecular flexibility index (Phi) is 5.50. The summed E-state index contributed by atoms with van der Waals surface area (Å²) in [6.07, 6.45) is -3.00. The SMILES string of the molecule is F[C@H]1CN(CC(F)(F)c2ccc(C(F)(F)F)cc2)CC[C@@H]1Nc1ncnc2[nH]ncc12. The molecule has 31 heavy (non-hydrogen) atoms.